The normalized spacial score (nSPS) is 27.8. The number of carbonyl (C=O) groups is 2. The molecule has 9 heteroatoms. The number of cyclic esters (lactones) is 1. The number of halogens is 1. The molecule has 1 aromatic carbocycles. The molecule has 0 spiro atoms. The number of esters is 1. The van der Waals surface area contributed by atoms with Crippen molar-refractivity contribution in [1.29, 1.82) is 0 Å². The van der Waals surface area contributed by atoms with Crippen molar-refractivity contribution in [2.75, 3.05) is 13.8 Å². The number of aromatic nitrogens is 1. The minimum Gasteiger partial charge on any atom is -0.428 e. The highest BCUT2D eigenvalue weighted by Crippen LogP contribution is 2.36. The summed E-state index contributed by atoms with van der Waals surface area (Å²) in [5.41, 5.74) is -0.152. The van der Waals surface area contributed by atoms with E-state index in [1.807, 2.05) is 44.2 Å². The number of nitrogens with zero attached hydrogens (tertiary/aromatic N) is 2. The number of oxime groups is 1. The fourth-order valence-corrected chi connectivity index (χ4v) is 4.05. The zero-order valence-electron chi connectivity index (χ0n) is 17.6. The summed E-state index contributed by atoms with van der Waals surface area (Å²) in [6, 6.07) is 8.66. The van der Waals surface area contributed by atoms with Crippen LogP contribution in [0.1, 0.15) is 32.4 Å². The van der Waals surface area contributed by atoms with Crippen molar-refractivity contribution in [2.24, 2.45) is 11.1 Å². The number of alkyl halides is 1. The Morgan fingerprint density at radius 1 is 1.35 bits per heavy atom. The third-order valence-electron chi connectivity index (χ3n) is 6.04. The Morgan fingerprint density at radius 3 is 2.84 bits per heavy atom. The molecule has 0 bridgehead atoms. The van der Waals surface area contributed by atoms with Crippen LogP contribution in [0.4, 0.5) is 4.39 Å². The van der Waals surface area contributed by atoms with Crippen molar-refractivity contribution in [2.45, 2.75) is 44.1 Å². The van der Waals surface area contributed by atoms with Crippen molar-refractivity contribution < 1.29 is 28.3 Å². The van der Waals surface area contributed by atoms with Crippen LogP contribution in [0.2, 0.25) is 0 Å². The maximum absolute atomic E-state index is 13.7. The molecule has 2 aliphatic rings. The van der Waals surface area contributed by atoms with Crippen molar-refractivity contribution >= 4 is 28.4 Å². The van der Waals surface area contributed by atoms with E-state index >= 15 is 0 Å². The Bertz CT molecular complexity index is 1050. The summed E-state index contributed by atoms with van der Waals surface area (Å²) in [4.78, 5) is 35.3. The van der Waals surface area contributed by atoms with Gasteiger partial charge < -0.3 is 19.6 Å². The van der Waals surface area contributed by atoms with Crippen molar-refractivity contribution in [1.82, 2.24) is 10.3 Å². The second-order valence-corrected chi connectivity index (χ2v) is 8.08. The minimum atomic E-state index is -1.84. The minimum absolute atomic E-state index is 0.175. The van der Waals surface area contributed by atoms with Crippen LogP contribution in [-0.4, -0.2) is 53.8 Å². The summed E-state index contributed by atoms with van der Waals surface area (Å²) in [5.74, 6) is -3.28. The van der Waals surface area contributed by atoms with E-state index in [2.05, 4.69) is 15.5 Å². The molecule has 8 nitrogen and oxygen atoms in total. The van der Waals surface area contributed by atoms with Gasteiger partial charge in [-0.1, -0.05) is 43.3 Å². The average Bonchev–Trinajstić information content (AvgIpc) is 3.36. The first-order valence-corrected chi connectivity index (χ1v) is 10.1. The van der Waals surface area contributed by atoms with Gasteiger partial charge in [0.1, 0.15) is 11.8 Å². The lowest BCUT2D eigenvalue weighted by atomic mass is 9.83. The molecule has 1 N–H and O–H groups in total. The summed E-state index contributed by atoms with van der Waals surface area (Å²) >= 11 is 0. The average molecular weight is 429 g/mol. The molecule has 1 saturated heterocycles. The topological polar surface area (TPSA) is 99.1 Å². The Labute approximate surface area is 178 Å². The van der Waals surface area contributed by atoms with E-state index in [-0.39, 0.29) is 18.8 Å². The van der Waals surface area contributed by atoms with Crippen LogP contribution in [0, 0.1) is 5.92 Å². The van der Waals surface area contributed by atoms with Crippen molar-refractivity contribution in [3.63, 3.8) is 0 Å². The Balaban J connectivity index is 1.61. The largest absolute Gasteiger partial charge is 0.428 e. The van der Waals surface area contributed by atoms with Crippen LogP contribution in [-0.2, 0) is 23.9 Å². The van der Waals surface area contributed by atoms with Gasteiger partial charge in [-0.05, 0) is 11.5 Å². The number of benzene rings is 1. The number of rotatable bonds is 6. The molecular formula is C22H24FN3O5. The number of fused-ring (bicyclic) bond motifs is 1. The zero-order chi connectivity index (χ0) is 22.2. The van der Waals surface area contributed by atoms with E-state index < -0.39 is 36.0 Å². The number of methoxy groups -OCH3 is 1. The summed E-state index contributed by atoms with van der Waals surface area (Å²) in [7, 11) is 1.23. The summed E-state index contributed by atoms with van der Waals surface area (Å²) in [5, 5.41) is 8.81. The van der Waals surface area contributed by atoms with Crippen LogP contribution in [0.3, 0.4) is 0 Å². The lowest BCUT2D eigenvalue weighted by molar-refractivity contribution is -0.216. The van der Waals surface area contributed by atoms with Crippen LogP contribution < -0.4 is 5.32 Å². The van der Waals surface area contributed by atoms with E-state index in [9.17, 15) is 14.0 Å². The highest BCUT2D eigenvalue weighted by Gasteiger charge is 2.56. The van der Waals surface area contributed by atoms with Gasteiger partial charge in [0.15, 0.2) is 6.67 Å². The van der Waals surface area contributed by atoms with Gasteiger partial charge in [0.05, 0.1) is 12.1 Å². The smallest absolute Gasteiger partial charge is 0.310 e. The second kappa shape index (κ2) is 7.88. The molecule has 31 heavy (non-hydrogen) atoms. The number of amides is 1. The zero-order valence-corrected chi connectivity index (χ0v) is 17.6. The van der Waals surface area contributed by atoms with Gasteiger partial charge in [0.2, 0.25) is 5.60 Å². The van der Waals surface area contributed by atoms with E-state index in [0.717, 1.165) is 10.8 Å². The van der Waals surface area contributed by atoms with Gasteiger partial charge in [-0.2, -0.15) is 0 Å². The summed E-state index contributed by atoms with van der Waals surface area (Å²) in [6.45, 7) is 2.59. The van der Waals surface area contributed by atoms with Crippen LogP contribution in [0.25, 0.3) is 10.8 Å². The van der Waals surface area contributed by atoms with Gasteiger partial charge in [-0.25, -0.2) is 4.39 Å². The second-order valence-electron chi connectivity index (χ2n) is 8.08. The molecule has 2 aromatic rings. The summed E-state index contributed by atoms with van der Waals surface area (Å²) < 4.78 is 23.8. The lowest BCUT2D eigenvalue weighted by Gasteiger charge is -2.34. The van der Waals surface area contributed by atoms with Gasteiger partial charge in [0, 0.05) is 31.0 Å². The summed E-state index contributed by atoms with van der Waals surface area (Å²) in [6.07, 6.45) is 1.66. The predicted octanol–water partition coefficient (Wildman–Crippen LogP) is 2.50. The highest BCUT2D eigenvalue weighted by atomic mass is 19.1. The van der Waals surface area contributed by atoms with Crippen molar-refractivity contribution in [3.05, 3.63) is 42.2 Å². The Kier molecular flexibility index (Phi) is 5.38. The first-order valence-electron chi connectivity index (χ1n) is 10.1. The van der Waals surface area contributed by atoms with Gasteiger partial charge >= 0.3 is 5.97 Å². The van der Waals surface area contributed by atoms with Crippen molar-refractivity contribution in [3.8, 4) is 0 Å². The van der Waals surface area contributed by atoms with E-state index in [4.69, 9.17) is 14.3 Å². The molecule has 3 atom stereocenters. The Hall–Kier alpha value is -3.07. The molecule has 0 saturated carbocycles. The molecule has 1 fully saturated rings. The van der Waals surface area contributed by atoms with Crippen LogP contribution >= 0.6 is 0 Å². The highest BCUT2D eigenvalue weighted by molar-refractivity contribution is 6.11. The molecule has 4 rings (SSSR count). The molecule has 1 amide bonds. The molecule has 0 aliphatic carbocycles. The quantitative estimate of drug-likeness (QED) is 0.709. The van der Waals surface area contributed by atoms with E-state index in [1.54, 1.807) is 6.20 Å². The van der Waals surface area contributed by atoms with E-state index in [1.165, 1.54) is 7.11 Å². The standard InChI is InChI=1S/C22H24FN3O5/c1-13(2)21(20(28)25-17-10-18(27)30-22(17,12-23)29-3)11-16(26-31-21)19-15-7-5-4-6-14(15)8-9-24-19/h4-9,13,17H,10-12H2,1-3H3,(H,25,28)/t17-,21?,22?/m0/s1. The van der Waals surface area contributed by atoms with Gasteiger partial charge in [0.25, 0.3) is 11.7 Å². The number of hydrogen-bond acceptors (Lipinski definition) is 7. The van der Waals surface area contributed by atoms with Crippen LogP contribution in [0.15, 0.2) is 41.7 Å². The van der Waals surface area contributed by atoms with E-state index in [0.29, 0.717) is 11.4 Å². The number of nitrogens with one attached hydrogen (secondary N) is 1. The van der Waals surface area contributed by atoms with Gasteiger partial charge in [-0.15, -0.1) is 0 Å². The van der Waals surface area contributed by atoms with Crippen LogP contribution in [0.5, 0.6) is 0 Å². The molecule has 0 radical (unpaired) electrons. The monoisotopic (exact) mass is 429 g/mol. The molecule has 2 unspecified atom stereocenters. The maximum atomic E-state index is 13.7. The third-order valence-corrected chi connectivity index (χ3v) is 6.04. The number of ether oxygens (including phenoxy) is 2. The molecular weight excluding hydrogens is 405 g/mol. The third kappa shape index (κ3) is 3.42. The molecule has 164 valence electrons. The SMILES string of the molecule is COC1(CF)OC(=O)C[C@@H]1NC(=O)C1(C(C)C)CC(c2nccc3ccccc23)=NO1. The number of carbonyl (C=O) groups excluding carboxylic acids is 2. The first kappa shape index (κ1) is 21.2. The molecule has 2 aliphatic heterocycles. The first-order chi connectivity index (χ1) is 14.8. The maximum Gasteiger partial charge on any atom is 0.310 e. The predicted molar refractivity (Wildman–Crippen MR) is 110 cm³/mol. The molecule has 3 heterocycles. The van der Waals surface area contributed by atoms with Gasteiger partial charge in [-0.3, -0.25) is 14.6 Å². The number of hydrogen-bond donors (Lipinski definition) is 1. The molecule has 1 aromatic heterocycles. The Morgan fingerprint density at radius 2 is 2.13 bits per heavy atom. The lowest BCUT2D eigenvalue weighted by Crippen LogP contribution is -2.59. The fourth-order valence-electron chi connectivity index (χ4n) is 4.05. The number of pyridine rings is 1. The fraction of sp³-hybridized carbons (Fsp3) is 0.455.